The summed E-state index contributed by atoms with van der Waals surface area (Å²) in [6.07, 6.45) is 0. The molecule has 4 amide bonds. The van der Waals surface area contributed by atoms with Gasteiger partial charge in [-0.3, -0.25) is 28.8 Å². The number of nitrogens with one attached hydrogen (secondary N) is 4. The molecule has 0 radical (unpaired) electrons. The van der Waals surface area contributed by atoms with E-state index in [1.54, 1.807) is 62.4 Å². The molecule has 0 heterocycles. The molecule has 0 bridgehead atoms. The Kier molecular flexibility index (Phi) is 15.5. The van der Waals surface area contributed by atoms with Gasteiger partial charge < -0.3 is 21.3 Å². The van der Waals surface area contributed by atoms with E-state index in [9.17, 15) is 28.8 Å². The van der Waals surface area contributed by atoms with Crippen LogP contribution in [-0.4, -0.2) is 47.3 Å². The number of carbonyl (C=O) groups excluding carboxylic acids is 6. The Labute approximate surface area is 376 Å². The molecule has 0 aromatic heterocycles. The summed E-state index contributed by atoms with van der Waals surface area (Å²) in [5, 5.41) is 28.1. The van der Waals surface area contributed by atoms with E-state index < -0.39 is 47.3 Å². The highest BCUT2D eigenvalue weighted by molar-refractivity contribution is 6.34. The highest BCUT2D eigenvalue weighted by Crippen LogP contribution is 2.31. The number of hydrogen-bond acceptors (Lipinski definition) is 10. The summed E-state index contributed by atoms with van der Waals surface area (Å²) in [7, 11) is 0. The molecule has 5 rings (SSSR count). The predicted octanol–water partition coefficient (Wildman–Crippen LogP) is 11.4. The predicted molar refractivity (Wildman–Crippen MR) is 242 cm³/mol. The Morgan fingerprint density at radius 3 is 1.16 bits per heavy atom. The van der Waals surface area contributed by atoms with Crippen molar-refractivity contribution in [1.29, 1.82) is 0 Å². The second-order valence-electron chi connectivity index (χ2n) is 14.1. The first-order chi connectivity index (χ1) is 29.3. The Balaban J connectivity index is 1.27. The van der Waals surface area contributed by atoms with E-state index in [0.717, 1.165) is 11.1 Å². The molecule has 14 nitrogen and oxygen atoms in total. The summed E-state index contributed by atoms with van der Waals surface area (Å²) in [5.41, 5.74) is 4.60. The maximum Gasteiger partial charge on any atom is 0.258 e. The molecular weight excluding hydrogens is 878 g/mol. The number of ketones is 2. The van der Waals surface area contributed by atoms with Crippen molar-refractivity contribution >= 4 is 116 Å². The highest BCUT2D eigenvalue weighted by Gasteiger charge is 2.26. The van der Waals surface area contributed by atoms with Crippen molar-refractivity contribution in [3.63, 3.8) is 0 Å². The van der Waals surface area contributed by atoms with Crippen LogP contribution in [0.5, 0.6) is 0 Å². The normalized spacial score (nSPS) is 12.2. The molecule has 0 spiro atoms. The zero-order valence-corrected chi connectivity index (χ0v) is 37.0. The Morgan fingerprint density at radius 1 is 0.452 bits per heavy atom. The maximum absolute atomic E-state index is 13.4. The van der Waals surface area contributed by atoms with Crippen LogP contribution in [0.2, 0.25) is 20.1 Å². The SMILES string of the molecule is CC(=O)C(/N=N/c1cc(C(=O)Nc2cc(Cl)ccc2C)ccc1Cl)C(=O)Nc1cc(C)c(NC(=O)C(/N=N/c2cc(C(=O)Nc3cc(Cl)ccc3C)ccc2Cl)C(C)=O)cc1C. The monoisotopic (exact) mass is 914 g/mol. The number of benzene rings is 5. The van der Waals surface area contributed by atoms with E-state index >= 15 is 0 Å². The van der Waals surface area contributed by atoms with Crippen LogP contribution in [0.3, 0.4) is 0 Å². The van der Waals surface area contributed by atoms with Gasteiger partial charge in [-0.2, -0.15) is 20.5 Å². The van der Waals surface area contributed by atoms with Crippen molar-refractivity contribution in [2.24, 2.45) is 20.5 Å². The van der Waals surface area contributed by atoms with E-state index in [1.807, 2.05) is 13.8 Å². The van der Waals surface area contributed by atoms with Crippen LogP contribution >= 0.6 is 46.4 Å². The molecule has 0 saturated heterocycles. The average Bonchev–Trinajstić information content (AvgIpc) is 3.20. The smallest absolute Gasteiger partial charge is 0.258 e. The molecule has 2 atom stereocenters. The maximum atomic E-state index is 13.4. The minimum absolute atomic E-state index is 0.0423. The molecule has 62 heavy (non-hydrogen) atoms. The summed E-state index contributed by atoms with van der Waals surface area (Å²) >= 11 is 24.8. The highest BCUT2D eigenvalue weighted by atomic mass is 35.5. The van der Waals surface area contributed by atoms with Gasteiger partial charge in [0.2, 0.25) is 12.1 Å². The van der Waals surface area contributed by atoms with Crippen molar-refractivity contribution in [3.05, 3.63) is 138 Å². The molecule has 0 saturated carbocycles. The summed E-state index contributed by atoms with van der Waals surface area (Å²) in [5.74, 6) is -3.82. The largest absolute Gasteiger partial charge is 0.324 e. The van der Waals surface area contributed by atoms with Crippen LogP contribution < -0.4 is 21.3 Å². The number of anilines is 4. The summed E-state index contributed by atoms with van der Waals surface area (Å²) in [6, 6.07) is 18.7. The zero-order valence-electron chi connectivity index (χ0n) is 34.0. The van der Waals surface area contributed by atoms with Gasteiger partial charge in [-0.25, -0.2) is 0 Å². The molecule has 0 aliphatic rings. The molecule has 0 fully saturated rings. The first kappa shape index (κ1) is 46.7. The van der Waals surface area contributed by atoms with E-state index in [2.05, 4.69) is 41.7 Å². The fraction of sp³-hybridized carbons (Fsp3) is 0.182. The Morgan fingerprint density at radius 2 is 0.806 bits per heavy atom. The van der Waals surface area contributed by atoms with Crippen molar-refractivity contribution in [3.8, 4) is 0 Å². The van der Waals surface area contributed by atoms with Crippen molar-refractivity contribution in [1.82, 2.24) is 0 Å². The van der Waals surface area contributed by atoms with Crippen LogP contribution in [-0.2, 0) is 19.2 Å². The lowest BCUT2D eigenvalue weighted by Gasteiger charge is -2.16. The van der Waals surface area contributed by atoms with Crippen LogP contribution in [0.15, 0.2) is 105 Å². The van der Waals surface area contributed by atoms with Gasteiger partial charge in [0, 0.05) is 43.9 Å². The first-order valence-electron chi connectivity index (χ1n) is 18.6. The summed E-state index contributed by atoms with van der Waals surface area (Å²) in [4.78, 5) is 78.1. The van der Waals surface area contributed by atoms with Crippen LogP contribution in [0.1, 0.15) is 56.8 Å². The number of carbonyl (C=O) groups is 6. The lowest BCUT2D eigenvalue weighted by atomic mass is 10.1. The number of amides is 4. The Bertz CT molecular complexity index is 2520. The third kappa shape index (κ3) is 11.9. The lowest BCUT2D eigenvalue weighted by molar-refractivity contribution is -0.127. The van der Waals surface area contributed by atoms with Crippen molar-refractivity contribution in [2.75, 3.05) is 21.3 Å². The molecule has 5 aromatic rings. The summed E-state index contributed by atoms with van der Waals surface area (Å²) < 4.78 is 0. The number of nitrogens with zero attached hydrogens (tertiary/aromatic N) is 4. The van der Waals surface area contributed by atoms with Gasteiger partial charge in [0.15, 0.2) is 11.6 Å². The minimum Gasteiger partial charge on any atom is -0.324 e. The number of rotatable bonds is 14. The molecule has 0 aliphatic heterocycles. The topological polar surface area (TPSA) is 200 Å². The number of hydrogen-bond donors (Lipinski definition) is 4. The molecule has 18 heteroatoms. The molecule has 5 aromatic carbocycles. The van der Waals surface area contributed by atoms with Gasteiger partial charge >= 0.3 is 0 Å². The third-order valence-electron chi connectivity index (χ3n) is 9.23. The lowest BCUT2D eigenvalue weighted by Crippen LogP contribution is -2.32. The van der Waals surface area contributed by atoms with Gasteiger partial charge in [0.1, 0.15) is 11.4 Å². The molecule has 4 N–H and O–H groups in total. The fourth-order valence-corrected chi connectivity index (χ4v) is 6.33. The van der Waals surface area contributed by atoms with Gasteiger partial charge in [-0.15, -0.1) is 0 Å². The van der Waals surface area contributed by atoms with Gasteiger partial charge in [-0.1, -0.05) is 58.5 Å². The van der Waals surface area contributed by atoms with Crippen LogP contribution in [0.25, 0.3) is 0 Å². The molecular formula is C44H38Cl4N8O6. The second kappa shape index (κ2) is 20.5. The molecule has 0 aliphatic carbocycles. The third-order valence-corrected chi connectivity index (χ3v) is 10.3. The first-order valence-corrected chi connectivity index (χ1v) is 20.1. The fourth-order valence-electron chi connectivity index (χ4n) is 5.67. The summed E-state index contributed by atoms with van der Waals surface area (Å²) in [6.45, 7) is 9.27. The van der Waals surface area contributed by atoms with E-state index in [4.69, 9.17) is 46.4 Å². The van der Waals surface area contributed by atoms with E-state index in [-0.39, 0.29) is 32.5 Å². The second-order valence-corrected chi connectivity index (χ2v) is 15.8. The van der Waals surface area contributed by atoms with Gasteiger partial charge in [0.25, 0.3) is 23.6 Å². The minimum atomic E-state index is -1.59. The van der Waals surface area contributed by atoms with Gasteiger partial charge in [-0.05, 0) is 137 Å². The van der Waals surface area contributed by atoms with E-state index in [1.165, 1.54) is 50.2 Å². The van der Waals surface area contributed by atoms with Crippen LogP contribution in [0, 0.1) is 27.7 Å². The van der Waals surface area contributed by atoms with Crippen LogP contribution in [0.4, 0.5) is 34.1 Å². The Hall–Kier alpha value is -6.32. The quantitative estimate of drug-likeness (QED) is 0.0630. The molecule has 2 unspecified atom stereocenters. The molecule has 318 valence electrons. The standard InChI is InChI=1S/C44H38Cl4N8O6/c1-21-7-11-29(45)19-35(21)49-41(59)27-9-13-31(47)37(17-27)53-55-39(25(5)57)43(61)51-33-15-24(4)34(16-23(33)3)52-44(62)40(26(6)58)56-54-38-18-28(10-14-32(38)48)42(60)50-36-20-30(46)12-8-22(36)2/h7-20,39-40H,1-6H3,(H,49,59)(H,50,60)(H,51,61)(H,52,62)/b55-53+,56-54+. The number of azo groups is 2. The number of aryl methyl sites for hydroxylation is 4. The van der Waals surface area contributed by atoms with Crippen molar-refractivity contribution < 1.29 is 28.8 Å². The average molecular weight is 917 g/mol. The van der Waals surface area contributed by atoms with Crippen molar-refractivity contribution in [2.45, 2.75) is 53.6 Å². The zero-order chi connectivity index (χ0) is 45.4. The van der Waals surface area contributed by atoms with E-state index in [0.29, 0.717) is 43.9 Å². The van der Waals surface area contributed by atoms with Gasteiger partial charge in [0.05, 0.1) is 10.0 Å². The number of halogens is 4. The number of Topliss-reactive ketones (excluding diaryl/α,β-unsaturated/α-hetero) is 2.